The molecule has 6 atom stereocenters. The summed E-state index contributed by atoms with van der Waals surface area (Å²) in [6, 6.07) is 6.12. The fraction of sp³-hybridized carbons (Fsp3) is 0.649. The molecule has 2 fully saturated rings. The molecule has 1 N–H and O–H groups in total. The van der Waals surface area contributed by atoms with Gasteiger partial charge in [0.25, 0.3) is 0 Å². The molecule has 5 rings (SSSR count). The predicted octanol–water partition coefficient (Wildman–Crippen LogP) is 5.70. The Morgan fingerprint density at radius 2 is 1.61 bits per heavy atom. The van der Waals surface area contributed by atoms with E-state index < -0.39 is 39.0 Å². The number of hydrogen-bond donors (Lipinski definition) is 1. The first-order valence-corrected chi connectivity index (χ1v) is 17.7. The maximum Gasteiger partial charge on any atom is 0.247 e. The molecule has 0 bridgehead atoms. The van der Waals surface area contributed by atoms with E-state index in [1.54, 1.807) is 21.6 Å². The highest BCUT2D eigenvalue weighted by atomic mass is 32.2. The van der Waals surface area contributed by atoms with Gasteiger partial charge < -0.3 is 24.5 Å². The Labute approximate surface area is 279 Å². The molecule has 46 heavy (non-hydrogen) atoms. The van der Waals surface area contributed by atoms with Gasteiger partial charge in [0, 0.05) is 29.1 Å². The highest BCUT2D eigenvalue weighted by Gasteiger charge is 2.74. The lowest BCUT2D eigenvalue weighted by Crippen LogP contribution is -2.60. The van der Waals surface area contributed by atoms with Crippen molar-refractivity contribution >= 4 is 35.2 Å². The Kier molecular flexibility index (Phi) is 9.27. The summed E-state index contributed by atoms with van der Waals surface area (Å²) >= 11 is 1.59. The van der Waals surface area contributed by atoms with Gasteiger partial charge in [0.2, 0.25) is 17.7 Å². The van der Waals surface area contributed by atoms with Crippen LogP contribution in [0.2, 0.25) is 0 Å². The topological polar surface area (TPSA) is 90.4 Å². The fourth-order valence-electron chi connectivity index (χ4n) is 8.73. The first-order valence-electron chi connectivity index (χ1n) is 16.8. The van der Waals surface area contributed by atoms with E-state index in [2.05, 4.69) is 60.6 Å². The lowest BCUT2D eigenvalue weighted by Gasteiger charge is -2.46. The number of aliphatic hydroxyl groups excluding tert-OH is 1. The molecular weight excluding hydrogens is 598 g/mol. The van der Waals surface area contributed by atoms with Gasteiger partial charge in [-0.2, -0.15) is 0 Å². The summed E-state index contributed by atoms with van der Waals surface area (Å²) in [4.78, 5) is 50.2. The minimum absolute atomic E-state index is 0.0270. The van der Waals surface area contributed by atoms with Gasteiger partial charge in [-0.25, -0.2) is 0 Å². The van der Waals surface area contributed by atoms with Crippen molar-refractivity contribution < 1.29 is 24.2 Å². The summed E-state index contributed by atoms with van der Waals surface area (Å²) in [5.41, 5.74) is 0.228. The second kappa shape index (κ2) is 12.3. The number of fused-ring (bicyclic) bond motifs is 2. The van der Waals surface area contributed by atoms with Crippen molar-refractivity contribution in [2.45, 2.75) is 102 Å². The largest absolute Gasteiger partial charge is 0.494 e. The Morgan fingerprint density at radius 3 is 2.20 bits per heavy atom. The number of benzene rings is 1. The van der Waals surface area contributed by atoms with Crippen molar-refractivity contribution in [3.8, 4) is 5.75 Å². The molecule has 0 aliphatic carbocycles. The molecule has 1 aromatic rings. The van der Waals surface area contributed by atoms with Gasteiger partial charge >= 0.3 is 0 Å². The van der Waals surface area contributed by atoms with Crippen molar-refractivity contribution in [1.29, 1.82) is 0 Å². The van der Waals surface area contributed by atoms with E-state index in [0.29, 0.717) is 26.1 Å². The van der Waals surface area contributed by atoms with E-state index in [-0.39, 0.29) is 35.7 Å². The number of carbonyl (C=O) groups is 3. The van der Waals surface area contributed by atoms with Crippen LogP contribution in [0.3, 0.4) is 0 Å². The summed E-state index contributed by atoms with van der Waals surface area (Å²) in [6.07, 6.45) is 9.55. The summed E-state index contributed by atoms with van der Waals surface area (Å²) < 4.78 is 3.95. The number of hydrogen-bond acceptors (Lipinski definition) is 6. The van der Waals surface area contributed by atoms with E-state index >= 15 is 4.79 Å². The Bertz CT molecular complexity index is 1400. The summed E-state index contributed by atoms with van der Waals surface area (Å²) in [5.74, 6) is -0.983. The van der Waals surface area contributed by atoms with E-state index in [9.17, 15) is 14.7 Å². The van der Waals surface area contributed by atoms with E-state index in [0.717, 1.165) is 17.9 Å². The van der Waals surface area contributed by atoms with Crippen LogP contribution in [0, 0.1) is 23.2 Å². The molecule has 252 valence electrons. The van der Waals surface area contributed by atoms with Crippen LogP contribution in [0.15, 0.2) is 48.6 Å². The van der Waals surface area contributed by atoms with Crippen LogP contribution in [0.1, 0.15) is 75.2 Å². The molecule has 4 aliphatic rings. The number of carbonyl (C=O) groups excluding carboxylic acids is 3. The summed E-state index contributed by atoms with van der Waals surface area (Å²) in [5, 5.41) is 10.7. The quantitative estimate of drug-likeness (QED) is 0.345. The molecule has 4 aliphatic heterocycles. The Balaban J connectivity index is 1.63. The van der Waals surface area contributed by atoms with Crippen molar-refractivity contribution in [3.63, 3.8) is 0 Å². The predicted molar refractivity (Wildman–Crippen MR) is 185 cm³/mol. The van der Waals surface area contributed by atoms with Crippen molar-refractivity contribution in [2.24, 2.45) is 23.2 Å². The maximum atomic E-state index is 15.1. The Hall–Kier alpha value is -2.78. The third kappa shape index (κ3) is 5.91. The van der Waals surface area contributed by atoms with Gasteiger partial charge in [-0.05, 0) is 76.1 Å². The molecule has 8 nitrogen and oxygen atoms in total. The number of amides is 3. The molecule has 3 amide bonds. The van der Waals surface area contributed by atoms with Crippen LogP contribution in [0.5, 0.6) is 5.75 Å². The van der Waals surface area contributed by atoms with E-state index in [1.807, 2.05) is 55.2 Å². The van der Waals surface area contributed by atoms with Crippen molar-refractivity contribution in [1.82, 2.24) is 9.80 Å². The number of likely N-dealkylation sites (tertiary alicyclic amines) is 1. The van der Waals surface area contributed by atoms with Crippen molar-refractivity contribution in [2.75, 3.05) is 31.2 Å². The van der Waals surface area contributed by atoms with Gasteiger partial charge in [0.1, 0.15) is 11.8 Å². The lowest BCUT2D eigenvalue weighted by molar-refractivity contribution is -0.149. The van der Waals surface area contributed by atoms with Crippen LogP contribution in [-0.2, 0) is 14.4 Å². The van der Waals surface area contributed by atoms with Gasteiger partial charge in [0.05, 0.1) is 35.8 Å². The smallest absolute Gasteiger partial charge is 0.247 e. The van der Waals surface area contributed by atoms with Gasteiger partial charge in [-0.1, -0.05) is 58.9 Å². The first-order chi connectivity index (χ1) is 21.5. The normalized spacial score (nSPS) is 30.4. The van der Waals surface area contributed by atoms with Crippen LogP contribution < -0.4 is 9.64 Å². The zero-order chi connectivity index (χ0) is 33.8. The molecule has 0 aromatic heterocycles. The fourth-order valence-corrected chi connectivity index (χ4v) is 10.9. The number of nitrogens with zero attached hydrogens (tertiary/aromatic N) is 3. The minimum Gasteiger partial charge on any atom is -0.494 e. The van der Waals surface area contributed by atoms with Crippen molar-refractivity contribution in [3.05, 3.63) is 48.6 Å². The number of anilines is 1. The zero-order valence-corrected chi connectivity index (χ0v) is 29.9. The average molecular weight is 652 g/mol. The number of thioether (sulfide) groups is 1. The number of aliphatic hydroxyl groups is 1. The molecule has 0 saturated carbocycles. The molecule has 1 unspecified atom stereocenters. The molecular formula is C37H53N3O5S. The van der Waals surface area contributed by atoms with E-state index in [1.165, 1.54) is 0 Å². The number of ether oxygens (including phenoxy) is 1. The minimum atomic E-state index is -0.966. The molecule has 1 aromatic carbocycles. The van der Waals surface area contributed by atoms with Crippen LogP contribution in [-0.4, -0.2) is 86.0 Å². The molecule has 4 heterocycles. The first kappa shape index (κ1) is 34.6. The summed E-state index contributed by atoms with van der Waals surface area (Å²) in [7, 11) is 0. The standard InChI is InChI=1S/C37H53N3O5S/c1-10-45-27-15-13-25(14-16-27)38-19-11-17-36(9)28(31(38)42)29-32(43)40(26(22-41)21-24(2)3)30-33(44)39(20-12-18-37(29,30)46-36)35(7,8)23-34(4,5)6/h11-18,24,26,28-30,41H,10,19-23H2,1-9H3/t26-,28-,29+,30?,36+,37+/m1/s1. The van der Waals surface area contributed by atoms with Crippen LogP contribution >= 0.6 is 11.8 Å². The molecule has 9 heteroatoms. The zero-order valence-electron chi connectivity index (χ0n) is 29.1. The Morgan fingerprint density at radius 1 is 0.957 bits per heavy atom. The number of rotatable bonds is 9. The molecule has 0 radical (unpaired) electrons. The summed E-state index contributed by atoms with van der Waals surface area (Å²) in [6.45, 7) is 20.0. The highest BCUT2D eigenvalue weighted by molar-refractivity contribution is 8.02. The van der Waals surface area contributed by atoms with Gasteiger partial charge in [-0.3, -0.25) is 14.4 Å². The monoisotopic (exact) mass is 651 g/mol. The maximum absolute atomic E-state index is 15.1. The second-order valence-electron chi connectivity index (χ2n) is 15.9. The van der Waals surface area contributed by atoms with Gasteiger partial charge in [0.15, 0.2) is 0 Å². The lowest BCUT2D eigenvalue weighted by atomic mass is 9.74. The third-order valence-electron chi connectivity index (χ3n) is 10.00. The van der Waals surface area contributed by atoms with Crippen LogP contribution in [0.4, 0.5) is 5.69 Å². The third-order valence-corrected chi connectivity index (χ3v) is 11.8. The van der Waals surface area contributed by atoms with Gasteiger partial charge in [-0.15, -0.1) is 11.8 Å². The van der Waals surface area contributed by atoms with E-state index in [4.69, 9.17) is 4.74 Å². The highest BCUT2D eigenvalue weighted by Crippen LogP contribution is 2.66. The van der Waals surface area contributed by atoms with Crippen LogP contribution in [0.25, 0.3) is 0 Å². The molecule has 2 saturated heterocycles. The molecule has 1 spiro atoms. The second-order valence-corrected chi connectivity index (χ2v) is 17.7. The average Bonchev–Trinajstić information content (AvgIpc) is 3.22. The SMILES string of the molecule is CCOc1ccc(N2CC=C[C@]3(C)S[C@]45C=CCN(C(C)(C)CC(C)(C)C)C(=O)C4N([C@@H](CO)CC(C)C)C(=O)[C@@H]5[C@@H]3C2=O)cc1.